The van der Waals surface area contributed by atoms with E-state index in [-0.39, 0.29) is 6.04 Å². The Morgan fingerprint density at radius 2 is 1.76 bits per heavy atom. The van der Waals surface area contributed by atoms with Crippen molar-refractivity contribution >= 4 is 5.95 Å². The lowest BCUT2D eigenvalue weighted by Gasteiger charge is -2.39. The molecule has 0 radical (unpaired) electrons. The van der Waals surface area contributed by atoms with Gasteiger partial charge in [0.05, 0.1) is 0 Å². The van der Waals surface area contributed by atoms with E-state index < -0.39 is 0 Å². The highest BCUT2D eigenvalue weighted by molar-refractivity contribution is 5.31. The zero-order valence-electron chi connectivity index (χ0n) is 13.2. The van der Waals surface area contributed by atoms with Gasteiger partial charge in [-0.15, -0.1) is 0 Å². The minimum atomic E-state index is 0.219. The topological polar surface area (TPSA) is 55.0 Å². The predicted molar refractivity (Wildman–Crippen MR) is 86.4 cm³/mol. The Morgan fingerprint density at radius 3 is 2.33 bits per heavy atom. The molecule has 1 atom stereocenters. The van der Waals surface area contributed by atoms with Crippen molar-refractivity contribution in [3.8, 4) is 0 Å². The Balaban J connectivity index is 1.58. The van der Waals surface area contributed by atoms with Crippen LogP contribution in [-0.2, 0) is 6.42 Å². The maximum Gasteiger partial charge on any atom is 0.225 e. The number of rotatable bonds is 4. The molecule has 4 nitrogen and oxygen atoms in total. The van der Waals surface area contributed by atoms with Gasteiger partial charge in [-0.3, -0.25) is 0 Å². The Morgan fingerprint density at radius 1 is 1.14 bits per heavy atom. The van der Waals surface area contributed by atoms with E-state index in [1.807, 2.05) is 12.4 Å². The third kappa shape index (κ3) is 3.37. The summed E-state index contributed by atoms with van der Waals surface area (Å²) in [5.74, 6) is 0.900. The summed E-state index contributed by atoms with van der Waals surface area (Å²) < 4.78 is 0. The van der Waals surface area contributed by atoms with Crippen LogP contribution in [0.25, 0.3) is 0 Å². The Hall–Kier alpha value is -1.16. The summed E-state index contributed by atoms with van der Waals surface area (Å²) in [6.45, 7) is 4.36. The summed E-state index contributed by atoms with van der Waals surface area (Å²) in [5, 5.41) is 0. The van der Waals surface area contributed by atoms with Gasteiger partial charge in [0.25, 0.3) is 0 Å². The van der Waals surface area contributed by atoms with Gasteiger partial charge < -0.3 is 10.6 Å². The van der Waals surface area contributed by atoms with Gasteiger partial charge in [-0.1, -0.05) is 19.8 Å². The Kier molecular flexibility index (Phi) is 4.43. The van der Waals surface area contributed by atoms with E-state index in [0.29, 0.717) is 5.41 Å². The van der Waals surface area contributed by atoms with Crippen LogP contribution in [0.15, 0.2) is 12.4 Å². The molecule has 2 fully saturated rings. The molecule has 0 aromatic carbocycles. The molecule has 1 aromatic rings. The normalized spacial score (nSPS) is 22.7. The zero-order valence-corrected chi connectivity index (χ0v) is 13.2. The fraction of sp³-hybridized carbons (Fsp3) is 0.765. The second kappa shape index (κ2) is 6.30. The van der Waals surface area contributed by atoms with Crippen molar-refractivity contribution in [2.45, 2.75) is 64.3 Å². The first kappa shape index (κ1) is 14.8. The molecule has 1 aliphatic heterocycles. The molecule has 2 aliphatic rings. The predicted octanol–water partition coefficient (Wildman–Crippen LogP) is 2.92. The van der Waals surface area contributed by atoms with Crippen LogP contribution in [0, 0.1) is 5.41 Å². The van der Waals surface area contributed by atoms with Gasteiger partial charge in [-0.2, -0.15) is 0 Å². The maximum absolute atomic E-state index is 5.99. The highest BCUT2D eigenvalue weighted by Gasteiger charge is 2.37. The molecular weight excluding hydrogens is 260 g/mol. The highest BCUT2D eigenvalue weighted by atomic mass is 15.2. The van der Waals surface area contributed by atoms with Crippen LogP contribution >= 0.6 is 0 Å². The Labute approximate surface area is 128 Å². The standard InChI is InChI=1S/C17H28N4/c1-2-15(18)11-14-12-19-16(20-13-14)21-9-7-17(8-10-21)5-3-4-6-17/h12-13,15H,2-11,18H2,1H3. The monoisotopic (exact) mass is 288 g/mol. The molecule has 21 heavy (non-hydrogen) atoms. The molecule has 1 saturated carbocycles. The SMILES string of the molecule is CCC(N)Cc1cnc(N2CCC3(CCCC3)CC2)nc1. The number of anilines is 1. The van der Waals surface area contributed by atoms with E-state index in [0.717, 1.165) is 37.4 Å². The van der Waals surface area contributed by atoms with E-state index in [1.165, 1.54) is 38.5 Å². The molecule has 3 rings (SSSR count). The van der Waals surface area contributed by atoms with Crippen LogP contribution < -0.4 is 10.6 Å². The summed E-state index contributed by atoms with van der Waals surface area (Å²) in [4.78, 5) is 11.5. The van der Waals surface area contributed by atoms with Crippen molar-refractivity contribution in [1.82, 2.24) is 9.97 Å². The second-order valence-corrected chi connectivity index (χ2v) is 6.96. The maximum atomic E-state index is 5.99. The molecule has 1 saturated heterocycles. The van der Waals surface area contributed by atoms with E-state index >= 15 is 0 Å². The van der Waals surface area contributed by atoms with Crippen LogP contribution in [0.5, 0.6) is 0 Å². The van der Waals surface area contributed by atoms with E-state index in [2.05, 4.69) is 21.8 Å². The van der Waals surface area contributed by atoms with Crippen molar-refractivity contribution < 1.29 is 0 Å². The summed E-state index contributed by atoms with van der Waals surface area (Å²) in [7, 11) is 0. The van der Waals surface area contributed by atoms with Crippen LogP contribution in [0.3, 0.4) is 0 Å². The van der Waals surface area contributed by atoms with E-state index in [1.54, 1.807) is 0 Å². The van der Waals surface area contributed by atoms with Crippen molar-refractivity contribution in [3.63, 3.8) is 0 Å². The highest BCUT2D eigenvalue weighted by Crippen LogP contribution is 2.46. The van der Waals surface area contributed by atoms with Crippen molar-refractivity contribution in [1.29, 1.82) is 0 Å². The van der Waals surface area contributed by atoms with Gasteiger partial charge in [0.1, 0.15) is 0 Å². The molecule has 4 heteroatoms. The average molecular weight is 288 g/mol. The summed E-state index contributed by atoms with van der Waals surface area (Å²) in [5.41, 5.74) is 7.79. The largest absolute Gasteiger partial charge is 0.341 e. The number of nitrogens with zero attached hydrogens (tertiary/aromatic N) is 3. The van der Waals surface area contributed by atoms with Gasteiger partial charge in [-0.05, 0) is 49.5 Å². The first-order valence-corrected chi connectivity index (χ1v) is 8.52. The molecule has 116 valence electrons. The van der Waals surface area contributed by atoms with Gasteiger partial charge in [0, 0.05) is 31.5 Å². The third-order valence-corrected chi connectivity index (χ3v) is 5.49. The first-order valence-electron chi connectivity index (χ1n) is 8.52. The van der Waals surface area contributed by atoms with Gasteiger partial charge >= 0.3 is 0 Å². The molecule has 1 aromatic heterocycles. The van der Waals surface area contributed by atoms with Crippen LogP contribution in [0.4, 0.5) is 5.95 Å². The van der Waals surface area contributed by atoms with Gasteiger partial charge in [0.2, 0.25) is 5.95 Å². The number of hydrogen-bond donors (Lipinski definition) is 1. The fourth-order valence-corrected chi connectivity index (χ4v) is 3.87. The number of aromatic nitrogens is 2. The van der Waals surface area contributed by atoms with Crippen molar-refractivity contribution in [2.75, 3.05) is 18.0 Å². The molecule has 2 heterocycles. The summed E-state index contributed by atoms with van der Waals surface area (Å²) >= 11 is 0. The van der Waals surface area contributed by atoms with Crippen molar-refractivity contribution in [3.05, 3.63) is 18.0 Å². The van der Waals surface area contributed by atoms with Crippen LogP contribution in [0.1, 0.15) is 57.4 Å². The molecule has 0 bridgehead atoms. The molecule has 0 amide bonds. The second-order valence-electron chi connectivity index (χ2n) is 6.96. The Bertz CT molecular complexity index is 440. The lowest BCUT2D eigenvalue weighted by molar-refractivity contribution is 0.225. The third-order valence-electron chi connectivity index (χ3n) is 5.49. The van der Waals surface area contributed by atoms with Crippen LogP contribution in [-0.4, -0.2) is 29.1 Å². The quantitative estimate of drug-likeness (QED) is 0.925. The molecule has 1 unspecified atom stereocenters. The van der Waals surface area contributed by atoms with Crippen molar-refractivity contribution in [2.24, 2.45) is 11.1 Å². The minimum absolute atomic E-state index is 0.219. The lowest BCUT2D eigenvalue weighted by atomic mass is 9.77. The number of nitrogens with two attached hydrogens (primary N) is 1. The smallest absolute Gasteiger partial charge is 0.225 e. The summed E-state index contributed by atoms with van der Waals surface area (Å²) in [6, 6.07) is 0.219. The van der Waals surface area contributed by atoms with E-state index in [9.17, 15) is 0 Å². The van der Waals surface area contributed by atoms with E-state index in [4.69, 9.17) is 5.73 Å². The van der Waals surface area contributed by atoms with Crippen LogP contribution in [0.2, 0.25) is 0 Å². The van der Waals surface area contributed by atoms with Gasteiger partial charge in [0.15, 0.2) is 0 Å². The fourth-order valence-electron chi connectivity index (χ4n) is 3.87. The molecule has 1 aliphatic carbocycles. The summed E-state index contributed by atoms with van der Waals surface area (Å²) in [6.07, 6.45) is 14.2. The first-order chi connectivity index (χ1) is 10.2. The molecule has 2 N–H and O–H groups in total. The molecule has 1 spiro atoms. The van der Waals surface area contributed by atoms with Gasteiger partial charge in [-0.25, -0.2) is 9.97 Å². The number of hydrogen-bond acceptors (Lipinski definition) is 4. The zero-order chi connectivity index (χ0) is 14.7. The minimum Gasteiger partial charge on any atom is -0.341 e. The lowest BCUT2D eigenvalue weighted by Crippen LogP contribution is -2.39. The molecular formula is C17H28N4. The number of piperidine rings is 1. The average Bonchev–Trinajstić information content (AvgIpc) is 2.97.